The van der Waals surface area contributed by atoms with Gasteiger partial charge in [0, 0.05) is 25.7 Å². The molecule has 4 rings (SSSR count). The van der Waals surface area contributed by atoms with E-state index in [2.05, 4.69) is 15.5 Å². The Morgan fingerprint density at radius 3 is 2.56 bits per heavy atom. The van der Waals surface area contributed by atoms with Crippen molar-refractivity contribution in [2.45, 2.75) is 45.9 Å². The van der Waals surface area contributed by atoms with Crippen molar-refractivity contribution >= 4 is 46.3 Å². The zero-order valence-electron chi connectivity index (χ0n) is 18.8. The molecule has 6 nitrogen and oxygen atoms in total. The van der Waals surface area contributed by atoms with E-state index in [9.17, 15) is 4.79 Å². The van der Waals surface area contributed by atoms with Gasteiger partial charge in [-0.25, -0.2) is 9.78 Å². The molecule has 0 spiro atoms. The third kappa shape index (κ3) is 4.81. The maximum atomic E-state index is 12.6. The monoisotopic (exact) mass is 474 g/mol. The Morgan fingerprint density at radius 1 is 1.12 bits per heavy atom. The summed E-state index contributed by atoms with van der Waals surface area (Å²) in [5.41, 5.74) is 2.52. The van der Waals surface area contributed by atoms with Crippen LogP contribution < -0.4 is 4.90 Å². The number of imidazole rings is 1. The van der Waals surface area contributed by atoms with Crippen LogP contribution in [0.5, 0.6) is 0 Å². The molecule has 170 valence electrons. The minimum atomic E-state index is -0.512. The molecule has 1 amide bonds. The highest BCUT2D eigenvalue weighted by Crippen LogP contribution is 2.28. The Balaban J connectivity index is 1.61. The molecule has 0 saturated carbocycles. The van der Waals surface area contributed by atoms with E-state index in [4.69, 9.17) is 32.9 Å². The number of carbonyl (C=O) groups excluding carboxylic acids is 1. The third-order valence-electron chi connectivity index (χ3n) is 5.50. The minimum Gasteiger partial charge on any atom is -0.444 e. The quantitative estimate of drug-likeness (QED) is 0.478. The maximum absolute atomic E-state index is 12.6. The van der Waals surface area contributed by atoms with E-state index < -0.39 is 5.60 Å². The molecule has 1 aliphatic heterocycles. The molecule has 0 bridgehead atoms. The number of aromatic nitrogens is 2. The van der Waals surface area contributed by atoms with E-state index in [1.165, 1.54) is 0 Å². The molecule has 1 fully saturated rings. The molecule has 1 aromatic heterocycles. The second-order valence-corrected chi connectivity index (χ2v) is 10.0. The number of hydrogen-bond acceptors (Lipinski definition) is 4. The number of anilines is 1. The SMILES string of the molecule is CC1CN(c2nc3ccccc3n2Cc2ccc(Cl)c(Cl)c2)CCN1C(=O)OC(C)(C)C. The van der Waals surface area contributed by atoms with Crippen LogP contribution in [-0.4, -0.2) is 51.8 Å². The van der Waals surface area contributed by atoms with Crippen molar-refractivity contribution < 1.29 is 9.53 Å². The first-order valence-corrected chi connectivity index (χ1v) is 11.5. The molecular weight excluding hydrogens is 447 g/mol. The van der Waals surface area contributed by atoms with Crippen molar-refractivity contribution in [2.75, 3.05) is 24.5 Å². The largest absolute Gasteiger partial charge is 0.444 e. The maximum Gasteiger partial charge on any atom is 0.410 e. The van der Waals surface area contributed by atoms with E-state index in [1.807, 2.05) is 64.1 Å². The zero-order chi connectivity index (χ0) is 23.0. The summed E-state index contributed by atoms with van der Waals surface area (Å²) in [5, 5.41) is 1.08. The second kappa shape index (κ2) is 8.83. The summed E-state index contributed by atoms with van der Waals surface area (Å²) < 4.78 is 7.78. The molecule has 1 aliphatic rings. The number of ether oxygens (including phenoxy) is 1. The lowest BCUT2D eigenvalue weighted by Gasteiger charge is -2.40. The average Bonchev–Trinajstić information content (AvgIpc) is 3.08. The van der Waals surface area contributed by atoms with Gasteiger partial charge < -0.3 is 19.1 Å². The predicted octanol–water partition coefficient (Wildman–Crippen LogP) is 5.84. The van der Waals surface area contributed by atoms with Gasteiger partial charge in [0.05, 0.1) is 27.6 Å². The summed E-state index contributed by atoms with van der Waals surface area (Å²) in [4.78, 5) is 21.6. The number of halogens is 2. The van der Waals surface area contributed by atoms with E-state index in [-0.39, 0.29) is 12.1 Å². The van der Waals surface area contributed by atoms with Gasteiger partial charge in [0.2, 0.25) is 5.95 Å². The van der Waals surface area contributed by atoms with Gasteiger partial charge >= 0.3 is 6.09 Å². The van der Waals surface area contributed by atoms with Crippen LogP contribution in [0.3, 0.4) is 0 Å². The summed E-state index contributed by atoms with van der Waals surface area (Å²) in [6, 6.07) is 13.8. The number of benzene rings is 2. The van der Waals surface area contributed by atoms with Crippen molar-refractivity contribution in [3.8, 4) is 0 Å². The number of para-hydroxylation sites is 2. The van der Waals surface area contributed by atoms with Crippen LogP contribution in [0, 0.1) is 0 Å². The van der Waals surface area contributed by atoms with Crippen LogP contribution in [0.15, 0.2) is 42.5 Å². The molecule has 2 aromatic carbocycles. The summed E-state index contributed by atoms with van der Waals surface area (Å²) >= 11 is 12.4. The number of carbonyl (C=O) groups is 1. The second-order valence-electron chi connectivity index (χ2n) is 9.20. The Bertz CT molecular complexity index is 1140. The topological polar surface area (TPSA) is 50.6 Å². The molecule has 1 saturated heterocycles. The smallest absolute Gasteiger partial charge is 0.410 e. The van der Waals surface area contributed by atoms with Crippen molar-refractivity contribution in [1.29, 1.82) is 0 Å². The van der Waals surface area contributed by atoms with Crippen LogP contribution in [0.1, 0.15) is 33.3 Å². The normalized spacial score (nSPS) is 17.1. The van der Waals surface area contributed by atoms with Crippen LogP contribution in [0.4, 0.5) is 10.7 Å². The van der Waals surface area contributed by atoms with Gasteiger partial charge in [0.1, 0.15) is 5.60 Å². The van der Waals surface area contributed by atoms with Gasteiger partial charge in [0.25, 0.3) is 0 Å². The van der Waals surface area contributed by atoms with Crippen LogP contribution in [0.2, 0.25) is 10.0 Å². The van der Waals surface area contributed by atoms with Crippen molar-refractivity contribution in [3.63, 3.8) is 0 Å². The molecule has 32 heavy (non-hydrogen) atoms. The highest BCUT2D eigenvalue weighted by Gasteiger charge is 2.32. The number of nitrogens with zero attached hydrogens (tertiary/aromatic N) is 4. The summed E-state index contributed by atoms with van der Waals surface area (Å²) in [6.45, 7) is 10.2. The Labute approximate surface area is 198 Å². The predicted molar refractivity (Wildman–Crippen MR) is 130 cm³/mol. The fourth-order valence-electron chi connectivity index (χ4n) is 4.01. The summed E-state index contributed by atoms with van der Waals surface area (Å²) in [6.07, 6.45) is -0.269. The molecule has 0 aliphatic carbocycles. The third-order valence-corrected chi connectivity index (χ3v) is 6.24. The van der Waals surface area contributed by atoms with E-state index in [0.29, 0.717) is 36.2 Å². The highest BCUT2D eigenvalue weighted by molar-refractivity contribution is 6.42. The number of piperazine rings is 1. The molecule has 0 N–H and O–H groups in total. The van der Waals surface area contributed by atoms with Crippen LogP contribution in [0.25, 0.3) is 11.0 Å². The number of rotatable bonds is 3. The zero-order valence-corrected chi connectivity index (χ0v) is 20.3. The summed E-state index contributed by atoms with van der Waals surface area (Å²) in [7, 11) is 0. The Hall–Kier alpha value is -2.44. The van der Waals surface area contributed by atoms with E-state index >= 15 is 0 Å². The molecular formula is C24H28Cl2N4O2. The van der Waals surface area contributed by atoms with Crippen molar-refractivity contribution in [2.24, 2.45) is 0 Å². The van der Waals surface area contributed by atoms with Crippen LogP contribution >= 0.6 is 23.2 Å². The highest BCUT2D eigenvalue weighted by atomic mass is 35.5. The first-order valence-electron chi connectivity index (χ1n) is 10.8. The van der Waals surface area contributed by atoms with Gasteiger partial charge in [-0.1, -0.05) is 41.4 Å². The molecule has 8 heteroatoms. The standard InChI is InChI=1S/C24H28Cl2N4O2/c1-16-14-28(11-12-29(16)23(31)32-24(2,3)4)22-27-20-7-5-6-8-21(20)30(22)15-17-9-10-18(25)19(26)13-17/h5-10,13,16H,11-12,14-15H2,1-4H3. The molecule has 3 aromatic rings. The fraction of sp³-hybridized carbons (Fsp3) is 0.417. The molecule has 1 atom stereocenters. The van der Waals surface area contributed by atoms with Crippen molar-refractivity contribution in [3.05, 3.63) is 58.1 Å². The van der Waals surface area contributed by atoms with Gasteiger partial charge in [0.15, 0.2) is 0 Å². The fourth-order valence-corrected chi connectivity index (χ4v) is 4.33. The minimum absolute atomic E-state index is 0.00293. The number of amides is 1. The first-order chi connectivity index (χ1) is 15.1. The number of fused-ring (bicyclic) bond motifs is 1. The Morgan fingerprint density at radius 2 is 1.88 bits per heavy atom. The van der Waals surface area contributed by atoms with Gasteiger partial charge in [-0.15, -0.1) is 0 Å². The van der Waals surface area contributed by atoms with E-state index in [0.717, 1.165) is 22.5 Å². The summed E-state index contributed by atoms with van der Waals surface area (Å²) in [5.74, 6) is 0.882. The van der Waals surface area contributed by atoms with Gasteiger partial charge in [-0.3, -0.25) is 0 Å². The van der Waals surface area contributed by atoms with E-state index in [1.54, 1.807) is 4.90 Å². The molecule has 1 unspecified atom stereocenters. The number of hydrogen-bond donors (Lipinski definition) is 0. The molecule has 0 radical (unpaired) electrons. The average molecular weight is 475 g/mol. The lowest BCUT2D eigenvalue weighted by Crippen LogP contribution is -2.55. The lowest BCUT2D eigenvalue weighted by molar-refractivity contribution is 0.0158. The first kappa shape index (κ1) is 22.7. The molecule has 2 heterocycles. The van der Waals surface area contributed by atoms with Crippen LogP contribution in [-0.2, 0) is 11.3 Å². The van der Waals surface area contributed by atoms with Crippen molar-refractivity contribution in [1.82, 2.24) is 14.5 Å². The van der Waals surface area contributed by atoms with Gasteiger partial charge in [-0.2, -0.15) is 0 Å². The Kier molecular flexibility index (Phi) is 6.28. The lowest BCUT2D eigenvalue weighted by atomic mass is 10.2. The van der Waals surface area contributed by atoms with Gasteiger partial charge in [-0.05, 0) is 57.5 Å².